The summed E-state index contributed by atoms with van der Waals surface area (Å²) in [6.07, 6.45) is 8.00. The number of aryl methyl sites for hydroxylation is 2. The quantitative estimate of drug-likeness (QED) is 0.155. The number of carbonyl (C=O) groups excluding carboxylic acids is 1. The maximum atomic E-state index is 16.4. The molecule has 3 atom stereocenters. The van der Waals surface area contributed by atoms with Gasteiger partial charge in [-0.3, -0.25) is 10.1 Å². The number of aromatic nitrogens is 3. The van der Waals surface area contributed by atoms with Gasteiger partial charge in [0, 0.05) is 113 Å². The number of ether oxygens (including phenoxy) is 1. The number of fused-ring (bicyclic) bond motifs is 1. The third-order valence-electron chi connectivity index (χ3n) is 12.6. The lowest BCUT2D eigenvalue weighted by atomic mass is 9.91. The number of carbonyl (C=O) groups is 1. The average Bonchev–Trinajstić information content (AvgIpc) is 3.59. The number of nitrogens with one attached hydrogen (secondary N) is 1. The van der Waals surface area contributed by atoms with E-state index in [2.05, 4.69) is 55.1 Å². The van der Waals surface area contributed by atoms with Crippen LogP contribution in [0.15, 0.2) is 85.2 Å². The molecule has 0 bridgehead atoms. The molecule has 2 aromatic heterocycles. The Bertz CT molecular complexity index is 2450. The Hall–Kier alpha value is -5.50. The Morgan fingerprint density at radius 1 is 1.02 bits per heavy atom. The van der Waals surface area contributed by atoms with Crippen molar-refractivity contribution in [1.29, 1.82) is 0 Å². The Morgan fingerprint density at radius 2 is 1.83 bits per heavy atom. The number of likely N-dealkylation sites (tertiary alicyclic amines) is 2. The lowest BCUT2D eigenvalue weighted by Gasteiger charge is -2.41. The van der Waals surface area contributed by atoms with Gasteiger partial charge in [-0.2, -0.15) is 0 Å². The van der Waals surface area contributed by atoms with Crippen LogP contribution < -0.4 is 20.9 Å². The van der Waals surface area contributed by atoms with Crippen molar-refractivity contribution in [2.75, 3.05) is 81.1 Å². The van der Waals surface area contributed by atoms with Crippen molar-refractivity contribution in [3.8, 4) is 17.0 Å². The number of phenols is 1. The van der Waals surface area contributed by atoms with Crippen LogP contribution in [0.25, 0.3) is 22.2 Å². The van der Waals surface area contributed by atoms with Gasteiger partial charge >= 0.3 is 0 Å². The molecule has 1 amide bonds. The summed E-state index contributed by atoms with van der Waals surface area (Å²) in [5.74, 6) is 0.334. The fourth-order valence-corrected chi connectivity index (χ4v) is 9.29. The highest BCUT2D eigenvalue weighted by atomic mass is 19.1. The number of rotatable bonds is 8. The van der Waals surface area contributed by atoms with Crippen LogP contribution in [-0.4, -0.2) is 107 Å². The molecule has 3 saturated heterocycles. The molecule has 0 saturated carbocycles. The van der Waals surface area contributed by atoms with Crippen molar-refractivity contribution < 1.29 is 21.8 Å². The Labute approximate surface area is 347 Å². The number of aromatic hydroxyl groups is 1. The number of hydrogen-bond donors (Lipinski definition) is 3. The number of nitrogens with two attached hydrogens (primary N) is 1. The van der Waals surface area contributed by atoms with Crippen molar-refractivity contribution in [1.82, 2.24) is 29.9 Å². The predicted molar refractivity (Wildman–Crippen MR) is 230 cm³/mol. The summed E-state index contributed by atoms with van der Waals surface area (Å²) in [7, 11) is 0. The van der Waals surface area contributed by atoms with Crippen LogP contribution in [0.4, 0.5) is 21.6 Å². The summed E-state index contributed by atoms with van der Waals surface area (Å²) in [5.41, 5.74) is 12.6. The molecule has 9 rings (SSSR count). The van der Waals surface area contributed by atoms with Crippen LogP contribution in [0, 0.1) is 13.8 Å². The zero-order valence-electron chi connectivity index (χ0n) is 35.7. The molecule has 4 N–H and O–H groups in total. The molecule has 13 heteroatoms. The van der Waals surface area contributed by atoms with E-state index in [0.29, 0.717) is 80.9 Å². The first-order chi connectivity index (χ1) is 29.4. The van der Waals surface area contributed by atoms with Gasteiger partial charge < -0.3 is 39.7 Å². The molecule has 2 unspecified atom stereocenters. The van der Waals surface area contributed by atoms with Crippen molar-refractivity contribution in [2.24, 2.45) is 0 Å². The monoisotopic (exact) mass is 801 g/mol. The third-order valence-corrected chi connectivity index (χ3v) is 12.6. The number of halogens is 1. The fourth-order valence-electron chi connectivity index (χ4n) is 9.29. The summed E-state index contributed by atoms with van der Waals surface area (Å²) in [6, 6.07) is 21.2. The van der Waals surface area contributed by atoms with E-state index in [-0.39, 0.29) is 17.8 Å². The number of morpholine rings is 1. The molecule has 308 valence electrons. The summed E-state index contributed by atoms with van der Waals surface area (Å²) in [6.45, 7) is 7.19. The standard InChI is InChI=1S/C46H54FN9O3/c1-31-24-33(8-10-36(31)43-28-54(22-23-59-43)41-26-39(50-51-44(41)48)37-6-3-4-7-42(37)57)45(58)53-20-14-46(47,15-21-53)29-52-18-12-34(13-19-52)56-27-32(2)38-25-35(9-11-40(38)56)55-17-5-16-49-30-55/h3-11,17,24-27,34,43,49,57H,12-16,18-23,28-30H2,1-2H3,(H2,48,51)/i16D,30D/t16?,30-,43?/m0/s1. The second kappa shape index (κ2) is 16.3. The van der Waals surface area contributed by atoms with Crippen LogP contribution in [0.5, 0.6) is 5.75 Å². The van der Waals surface area contributed by atoms with Gasteiger partial charge in [-0.05, 0) is 91.9 Å². The minimum atomic E-state index is -1.34. The maximum absolute atomic E-state index is 16.4. The van der Waals surface area contributed by atoms with Gasteiger partial charge in [0.15, 0.2) is 5.82 Å². The van der Waals surface area contributed by atoms with E-state index in [1.165, 1.54) is 5.56 Å². The molecule has 12 nitrogen and oxygen atoms in total. The molecule has 3 fully saturated rings. The first kappa shape index (κ1) is 36.6. The number of amides is 1. The van der Waals surface area contributed by atoms with Gasteiger partial charge in [0.2, 0.25) is 0 Å². The fraction of sp³-hybridized carbons (Fsp3) is 0.413. The molecule has 0 radical (unpaired) electrons. The molecular formula is C46H54FN9O3. The van der Waals surface area contributed by atoms with Crippen LogP contribution in [0.2, 0.25) is 0 Å². The van der Waals surface area contributed by atoms with Crippen molar-refractivity contribution >= 4 is 34.0 Å². The predicted octanol–water partition coefficient (Wildman–Crippen LogP) is 6.74. The Morgan fingerprint density at radius 3 is 2.61 bits per heavy atom. The van der Waals surface area contributed by atoms with Gasteiger partial charge in [-0.25, -0.2) is 4.39 Å². The second-order valence-electron chi connectivity index (χ2n) is 16.5. The van der Waals surface area contributed by atoms with Gasteiger partial charge in [-0.15, -0.1) is 10.2 Å². The topological polar surface area (TPSA) is 128 Å². The molecule has 0 spiro atoms. The largest absolute Gasteiger partial charge is 0.507 e. The van der Waals surface area contributed by atoms with Crippen LogP contribution in [0.1, 0.15) is 67.6 Å². The molecule has 4 aliphatic heterocycles. The first-order valence-electron chi connectivity index (χ1n) is 21.9. The van der Waals surface area contributed by atoms with Gasteiger partial charge in [-0.1, -0.05) is 24.3 Å². The minimum absolute atomic E-state index is 0.0811. The number of para-hydroxylation sites is 1. The summed E-state index contributed by atoms with van der Waals surface area (Å²) in [4.78, 5) is 21.8. The average molecular weight is 802 g/mol. The molecule has 59 heavy (non-hydrogen) atoms. The molecule has 5 aromatic rings. The van der Waals surface area contributed by atoms with Crippen LogP contribution in [0.3, 0.4) is 0 Å². The zero-order chi connectivity index (χ0) is 42.4. The van der Waals surface area contributed by atoms with Crippen molar-refractivity contribution in [2.45, 2.75) is 57.3 Å². The number of benzene rings is 3. The van der Waals surface area contributed by atoms with Crippen LogP contribution >= 0.6 is 0 Å². The number of anilines is 3. The van der Waals surface area contributed by atoms with E-state index in [1.807, 2.05) is 54.4 Å². The molecular weight excluding hydrogens is 746 g/mol. The lowest BCUT2D eigenvalue weighted by molar-refractivity contribution is 0.0158. The Balaban J connectivity index is 0.782. The van der Waals surface area contributed by atoms with Gasteiger partial charge in [0.25, 0.3) is 5.91 Å². The Kier molecular flexibility index (Phi) is 10.1. The minimum Gasteiger partial charge on any atom is -0.507 e. The summed E-state index contributed by atoms with van der Waals surface area (Å²) >= 11 is 0. The number of piperidine rings is 2. The van der Waals surface area contributed by atoms with Gasteiger partial charge in [0.05, 0.1) is 26.0 Å². The second-order valence-corrected chi connectivity index (χ2v) is 16.5. The highest BCUT2D eigenvalue weighted by molar-refractivity contribution is 5.94. The van der Waals surface area contributed by atoms with E-state index >= 15 is 4.39 Å². The van der Waals surface area contributed by atoms with E-state index in [0.717, 1.165) is 59.3 Å². The maximum Gasteiger partial charge on any atom is 0.253 e. The normalized spacial score (nSPS) is 23.4. The van der Waals surface area contributed by atoms with E-state index in [4.69, 9.17) is 13.2 Å². The molecule has 3 aromatic carbocycles. The lowest BCUT2D eigenvalue weighted by Crippen LogP contribution is -2.51. The number of nitrogen functional groups attached to an aromatic ring is 1. The van der Waals surface area contributed by atoms with E-state index in [9.17, 15) is 9.90 Å². The number of hydrogen-bond acceptors (Lipinski definition) is 10. The molecule has 4 aliphatic rings. The third kappa shape index (κ3) is 7.98. The van der Waals surface area contributed by atoms with Crippen molar-refractivity contribution in [3.05, 3.63) is 107 Å². The smallest absolute Gasteiger partial charge is 0.253 e. The SMILES string of the molecule is [2H]C1C=CN(c2ccc3c(c2)c(C)cn3C2CCN(CC3(F)CCN(C(=O)c4ccc(C5CN(c6cc(-c7ccccc7O)nnc6N)CCO5)c(C)c4)CC3)CC2)[C@@H]([2H])N1. The zero-order valence-corrected chi connectivity index (χ0v) is 33.7. The molecule has 6 heterocycles. The van der Waals surface area contributed by atoms with Crippen LogP contribution in [-0.2, 0) is 4.74 Å². The highest BCUT2D eigenvalue weighted by Gasteiger charge is 2.39. The first-order valence-corrected chi connectivity index (χ1v) is 20.7. The van der Waals surface area contributed by atoms with E-state index < -0.39 is 18.8 Å². The number of nitrogens with zero attached hydrogens (tertiary/aromatic N) is 7. The molecule has 0 aliphatic carbocycles. The summed E-state index contributed by atoms with van der Waals surface area (Å²) in [5, 5.41) is 22.9. The number of phenolic OH excluding ortho intramolecular Hbond substituents is 1. The van der Waals surface area contributed by atoms with Crippen molar-refractivity contribution in [3.63, 3.8) is 0 Å². The highest BCUT2D eigenvalue weighted by Crippen LogP contribution is 2.37. The summed E-state index contributed by atoms with van der Waals surface area (Å²) < 4.78 is 41.3. The number of alkyl halides is 1. The van der Waals surface area contributed by atoms with E-state index in [1.54, 1.807) is 29.2 Å². The van der Waals surface area contributed by atoms with Gasteiger partial charge in [0.1, 0.15) is 17.5 Å².